The molecule has 0 radical (unpaired) electrons. The van der Waals surface area contributed by atoms with Gasteiger partial charge in [0.1, 0.15) is 0 Å². The average molecular weight is 547 g/mol. The number of thioether (sulfide) groups is 1. The van der Waals surface area contributed by atoms with Crippen LogP contribution in [0.3, 0.4) is 0 Å². The fraction of sp³-hybridized carbons (Fsp3) is 0.0714. The molecule has 0 amide bonds. The van der Waals surface area contributed by atoms with Gasteiger partial charge in [0.05, 0.1) is 27.2 Å². The van der Waals surface area contributed by atoms with Crippen molar-refractivity contribution in [1.82, 2.24) is 8.96 Å². The minimum atomic E-state index is -3.93. The number of halogens is 1. The minimum absolute atomic E-state index is 0.0895. The fourth-order valence-corrected chi connectivity index (χ4v) is 6.36. The molecule has 9 heteroatoms. The summed E-state index contributed by atoms with van der Waals surface area (Å²) in [4.78, 5) is 16.8. The largest absolute Gasteiger partial charge is 0.449 e. The van der Waals surface area contributed by atoms with Crippen molar-refractivity contribution in [2.75, 3.05) is 12.4 Å². The number of nitrogens with zero attached hydrogens (tertiary/aromatic N) is 2. The number of hydrogen-bond donors (Lipinski definition) is 0. The number of rotatable bonds is 6. The van der Waals surface area contributed by atoms with E-state index in [0.29, 0.717) is 26.8 Å². The maximum atomic E-state index is 13.7. The molecule has 0 N–H and O–H groups in total. The Hall–Kier alpha value is -3.77. The summed E-state index contributed by atoms with van der Waals surface area (Å²) in [5, 5.41) is 2.63. The van der Waals surface area contributed by atoms with Crippen LogP contribution in [-0.2, 0) is 14.8 Å². The highest BCUT2D eigenvalue weighted by atomic mass is 35.5. The number of para-hydroxylation sites is 2. The summed E-state index contributed by atoms with van der Waals surface area (Å²) in [7, 11) is -3.93. The Balaban J connectivity index is 1.35. The summed E-state index contributed by atoms with van der Waals surface area (Å²) in [5.41, 5.74) is 1.44. The molecule has 0 aliphatic rings. The van der Waals surface area contributed by atoms with E-state index in [0.717, 1.165) is 10.8 Å². The zero-order valence-corrected chi connectivity index (χ0v) is 21.7. The highest BCUT2D eigenvalue weighted by molar-refractivity contribution is 8.00. The number of carbonyl (C=O) groups excluding carboxylic acids is 1. The standard InChI is InChI=1S/C28H19ClN2O4S2/c29-23-14-11-21(12-15-23)27(32)35-17-5-6-18-36-28-30-25-9-3-4-10-26(25)31(28)37(33,34)24-16-13-20-7-1-2-8-22(20)19-24/h1-4,7-16,19H,17-18H2. The molecule has 0 aliphatic heterocycles. The monoisotopic (exact) mass is 546 g/mol. The van der Waals surface area contributed by atoms with Crippen molar-refractivity contribution in [2.24, 2.45) is 0 Å². The molecule has 0 saturated heterocycles. The Morgan fingerprint density at radius 3 is 2.46 bits per heavy atom. The number of fused-ring (bicyclic) bond motifs is 2. The maximum absolute atomic E-state index is 13.7. The fourth-order valence-electron chi connectivity index (χ4n) is 3.71. The van der Waals surface area contributed by atoms with Crippen LogP contribution in [0.4, 0.5) is 0 Å². The first-order valence-electron chi connectivity index (χ1n) is 11.2. The van der Waals surface area contributed by atoms with Gasteiger partial charge in [-0.3, -0.25) is 0 Å². The van der Waals surface area contributed by atoms with Crippen molar-refractivity contribution < 1.29 is 17.9 Å². The van der Waals surface area contributed by atoms with Crippen molar-refractivity contribution in [3.63, 3.8) is 0 Å². The van der Waals surface area contributed by atoms with E-state index < -0.39 is 16.0 Å². The highest BCUT2D eigenvalue weighted by Crippen LogP contribution is 2.30. The van der Waals surface area contributed by atoms with Crippen LogP contribution in [0.5, 0.6) is 0 Å². The third-order valence-corrected chi connectivity index (χ3v) is 8.39. The van der Waals surface area contributed by atoms with E-state index in [1.807, 2.05) is 30.3 Å². The molecule has 0 spiro atoms. The zero-order valence-electron chi connectivity index (χ0n) is 19.3. The predicted octanol–water partition coefficient (Wildman–Crippen LogP) is 6.03. The summed E-state index contributed by atoms with van der Waals surface area (Å²) in [5.74, 6) is 5.45. The molecule has 4 aromatic carbocycles. The molecule has 0 atom stereocenters. The number of carbonyl (C=O) groups is 1. The third-order valence-electron chi connectivity index (χ3n) is 5.50. The predicted molar refractivity (Wildman–Crippen MR) is 146 cm³/mol. The van der Waals surface area contributed by atoms with Gasteiger partial charge < -0.3 is 4.74 Å². The van der Waals surface area contributed by atoms with Crippen molar-refractivity contribution in [2.45, 2.75) is 10.1 Å². The molecule has 1 heterocycles. The normalized spacial score (nSPS) is 11.3. The van der Waals surface area contributed by atoms with Crippen LogP contribution in [0.1, 0.15) is 10.4 Å². The molecule has 0 bridgehead atoms. The molecule has 0 fully saturated rings. The first-order chi connectivity index (χ1) is 17.9. The lowest BCUT2D eigenvalue weighted by Gasteiger charge is -2.10. The van der Waals surface area contributed by atoms with Gasteiger partial charge >= 0.3 is 5.97 Å². The molecule has 0 aliphatic carbocycles. The molecule has 6 nitrogen and oxygen atoms in total. The van der Waals surface area contributed by atoms with E-state index in [9.17, 15) is 13.2 Å². The van der Waals surface area contributed by atoms with E-state index in [4.69, 9.17) is 16.3 Å². The summed E-state index contributed by atoms with van der Waals surface area (Å²) >= 11 is 7.03. The lowest BCUT2D eigenvalue weighted by molar-refractivity contribution is 0.0556. The molecule has 1 aromatic heterocycles. The number of hydrogen-bond acceptors (Lipinski definition) is 6. The molecule has 5 aromatic rings. The van der Waals surface area contributed by atoms with Gasteiger partial charge in [0, 0.05) is 5.02 Å². The van der Waals surface area contributed by atoms with Crippen molar-refractivity contribution in [3.05, 3.63) is 102 Å². The van der Waals surface area contributed by atoms with Gasteiger partial charge in [-0.15, -0.1) is 0 Å². The van der Waals surface area contributed by atoms with E-state index in [1.54, 1.807) is 60.7 Å². The van der Waals surface area contributed by atoms with E-state index in [-0.39, 0.29) is 17.3 Å². The Labute approximate surface area is 223 Å². The number of esters is 1. The number of benzene rings is 4. The van der Waals surface area contributed by atoms with E-state index in [1.165, 1.54) is 15.7 Å². The molecule has 184 valence electrons. The highest BCUT2D eigenvalue weighted by Gasteiger charge is 2.24. The first-order valence-corrected chi connectivity index (χ1v) is 14.0. The Morgan fingerprint density at radius 1 is 0.919 bits per heavy atom. The van der Waals surface area contributed by atoms with Crippen LogP contribution in [0.15, 0.2) is 101 Å². The Morgan fingerprint density at radius 2 is 1.65 bits per heavy atom. The molecule has 5 rings (SSSR count). The van der Waals surface area contributed by atoms with Crippen LogP contribution in [0, 0.1) is 11.8 Å². The number of aromatic nitrogens is 2. The molecule has 0 saturated carbocycles. The van der Waals surface area contributed by atoms with E-state index >= 15 is 0 Å². The second-order valence-electron chi connectivity index (χ2n) is 7.89. The van der Waals surface area contributed by atoms with Crippen molar-refractivity contribution in [3.8, 4) is 11.8 Å². The average Bonchev–Trinajstić information content (AvgIpc) is 3.29. The maximum Gasteiger partial charge on any atom is 0.339 e. The Bertz CT molecular complexity index is 1790. The molecular formula is C28H19ClN2O4S2. The van der Waals surface area contributed by atoms with Gasteiger partial charge in [-0.1, -0.05) is 77.7 Å². The quantitative estimate of drug-likeness (QED) is 0.147. The summed E-state index contributed by atoms with van der Waals surface area (Å²) in [6.45, 7) is -0.0895. The lowest BCUT2D eigenvalue weighted by Crippen LogP contribution is -2.14. The smallest absolute Gasteiger partial charge is 0.339 e. The number of ether oxygens (including phenoxy) is 1. The summed E-state index contributed by atoms with van der Waals surface area (Å²) < 4.78 is 33.9. The first kappa shape index (κ1) is 24.9. The minimum Gasteiger partial charge on any atom is -0.449 e. The topological polar surface area (TPSA) is 78.3 Å². The SMILES string of the molecule is O=C(OCC#CCSc1nc2ccccc2n1S(=O)(=O)c1ccc2ccccc2c1)c1ccc(Cl)cc1. The van der Waals surface area contributed by atoms with Crippen LogP contribution in [0.25, 0.3) is 21.8 Å². The second-order valence-corrected chi connectivity index (χ2v) is 11.1. The van der Waals surface area contributed by atoms with Crippen LogP contribution in [0.2, 0.25) is 5.02 Å². The van der Waals surface area contributed by atoms with Crippen LogP contribution < -0.4 is 0 Å². The van der Waals surface area contributed by atoms with Crippen LogP contribution in [-0.4, -0.2) is 35.7 Å². The second kappa shape index (κ2) is 10.7. The Kier molecular flexibility index (Phi) is 7.19. The molecule has 0 unspecified atom stereocenters. The van der Waals surface area contributed by atoms with Gasteiger partial charge in [-0.2, -0.15) is 0 Å². The van der Waals surface area contributed by atoms with Gasteiger partial charge in [0.25, 0.3) is 10.0 Å². The number of imidazole rings is 1. The van der Waals surface area contributed by atoms with Gasteiger partial charge in [-0.05, 0) is 59.3 Å². The van der Waals surface area contributed by atoms with Crippen molar-refractivity contribution >= 4 is 61.2 Å². The van der Waals surface area contributed by atoms with Crippen molar-refractivity contribution in [1.29, 1.82) is 0 Å². The molecular weight excluding hydrogens is 528 g/mol. The molecule has 37 heavy (non-hydrogen) atoms. The van der Waals surface area contributed by atoms with Gasteiger partial charge in [-0.25, -0.2) is 22.2 Å². The lowest BCUT2D eigenvalue weighted by atomic mass is 10.1. The van der Waals surface area contributed by atoms with Gasteiger partial charge in [0.2, 0.25) is 0 Å². The van der Waals surface area contributed by atoms with Gasteiger partial charge in [0.15, 0.2) is 11.8 Å². The zero-order chi connectivity index (χ0) is 25.8. The summed E-state index contributed by atoms with van der Waals surface area (Å²) in [6.07, 6.45) is 0. The third kappa shape index (κ3) is 5.35. The summed E-state index contributed by atoms with van der Waals surface area (Å²) in [6, 6.07) is 26.1. The van der Waals surface area contributed by atoms with E-state index in [2.05, 4.69) is 16.8 Å². The van der Waals surface area contributed by atoms with Crippen LogP contribution >= 0.6 is 23.4 Å².